The van der Waals surface area contributed by atoms with Crippen molar-refractivity contribution in [1.29, 1.82) is 0 Å². The number of halogens is 1. The van der Waals surface area contributed by atoms with Crippen LogP contribution in [-0.2, 0) is 36.9 Å². The molecule has 0 radical (unpaired) electrons. The van der Waals surface area contributed by atoms with E-state index in [0.717, 1.165) is 5.56 Å². The maximum absolute atomic E-state index is 13.3. The minimum Gasteiger partial charge on any atom is -0.378 e. The molecule has 2 amide bonds. The van der Waals surface area contributed by atoms with Crippen molar-refractivity contribution in [3.05, 3.63) is 22.3 Å². The summed E-state index contributed by atoms with van der Waals surface area (Å²) < 4.78 is 16.7. The monoisotopic (exact) mass is 447 g/mol. The van der Waals surface area contributed by atoms with Gasteiger partial charge in [0, 0.05) is 19.0 Å². The number of carbonyl (C=O) groups is 3. The van der Waals surface area contributed by atoms with Gasteiger partial charge in [-0.25, -0.2) is 0 Å². The number of nitrogens with one attached hydrogen (secondary N) is 1. The number of piperidine rings is 1. The Kier molecular flexibility index (Phi) is 4.62. The molecule has 0 saturated carbocycles. The fourth-order valence-electron chi connectivity index (χ4n) is 5.44. The van der Waals surface area contributed by atoms with Crippen molar-refractivity contribution in [3.63, 3.8) is 0 Å². The van der Waals surface area contributed by atoms with E-state index in [9.17, 15) is 14.4 Å². The number of carbonyl (C=O) groups excluding carboxylic acids is 3. The number of rotatable bonds is 2. The number of anilines is 1. The summed E-state index contributed by atoms with van der Waals surface area (Å²) in [6.07, 6.45) is -0.823. The fraction of sp³-hybridized carbons (Fsp3) is 0.524. The number of amides is 2. The molecule has 3 aliphatic heterocycles. The zero-order valence-corrected chi connectivity index (χ0v) is 18.1. The molecule has 0 bridgehead atoms. The molecule has 31 heavy (non-hydrogen) atoms. The molecule has 1 aromatic heterocycles. The van der Waals surface area contributed by atoms with Gasteiger partial charge in [0.25, 0.3) is 0 Å². The molecule has 4 heterocycles. The van der Waals surface area contributed by atoms with Gasteiger partial charge in [-0.2, -0.15) is 0 Å². The van der Waals surface area contributed by atoms with Crippen LogP contribution in [0.2, 0.25) is 5.02 Å². The van der Waals surface area contributed by atoms with Crippen molar-refractivity contribution in [2.24, 2.45) is 5.41 Å². The van der Waals surface area contributed by atoms with Crippen molar-refractivity contribution >= 4 is 45.9 Å². The summed E-state index contributed by atoms with van der Waals surface area (Å²) in [6, 6.07) is 1.26. The lowest BCUT2D eigenvalue weighted by atomic mass is 9.63. The van der Waals surface area contributed by atoms with Gasteiger partial charge in [-0.1, -0.05) is 16.8 Å². The van der Waals surface area contributed by atoms with Crippen LogP contribution in [0.3, 0.4) is 0 Å². The van der Waals surface area contributed by atoms with Crippen LogP contribution < -0.4 is 10.2 Å². The van der Waals surface area contributed by atoms with Crippen molar-refractivity contribution in [3.8, 4) is 0 Å². The molecule has 1 unspecified atom stereocenters. The van der Waals surface area contributed by atoms with Crippen molar-refractivity contribution in [2.45, 2.75) is 51.5 Å². The molecule has 0 aliphatic carbocycles. The van der Waals surface area contributed by atoms with Gasteiger partial charge in [-0.05, 0) is 31.9 Å². The number of nitrogens with zero attached hydrogens (tertiary/aromatic N) is 2. The van der Waals surface area contributed by atoms with Gasteiger partial charge < -0.3 is 18.9 Å². The molecule has 2 aromatic rings. The number of hydrogen-bond donors (Lipinski definition) is 1. The summed E-state index contributed by atoms with van der Waals surface area (Å²) in [5, 5.41) is 7.51. The number of benzene rings is 1. The Morgan fingerprint density at radius 2 is 2.13 bits per heavy atom. The van der Waals surface area contributed by atoms with Gasteiger partial charge in [0.05, 0.1) is 37.0 Å². The average Bonchev–Trinajstić information content (AvgIpc) is 3.08. The Hall–Kier alpha value is -2.49. The predicted octanol–water partition coefficient (Wildman–Crippen LogP) is 1.77. The summed E-state index contributed by atoms with van der Waals surface area (Å²) in [5.41, 5.74) is 1.01. The highest BCUT2D eigenvalue weighted by Gasteiger charge is 2.62. The van der Waals surface area contributed by atoms with Gasteiger partial charge in [0.15, 0.2) is 11.4 Å². The highest BCUT2D eigenvalue weighted by molar-refractivity contribution is 6.38. The van der Waals surface area contributed by atoms with Gasteiger partial charge in [-0.3, -0.25) is 19.7 Å². The lowest BCUT2D eigenvalue weighted by Gasteiger charge is -2.55. The fourth-order valence-corrected chi connectivity index (χ4v) is 5.80. The first-order valence-corrected chi connectivity index (χ1v) is 10.5. The van der Waals surface area contributed by atoms with Crippen LogP contribution in [-0.4, -0.2) is 54.7 Å². The SMILES string of the molecule is COCc1noc2c(Cl)c3c(cc12)CC1(C(=O)CC(=O)NC1=O)[C@H]1[C@H](C)O[C@H](C)CN31. The largest absolute Gasteiger partial charge is 0.378 e. The van der Waals surface area contributed by atoms with Gasteiger partial charge >= 0.3 is 0 Å². The molecule has 2 fully saturated rings. The summed E-state index contributed by atoms with van der Waals surface area (Å²) in [4.78, 5) is 40.4. The zero-order chi connectivity index (χ0) is 22.1. The first kappa shape index (κ1) is 20.4. The van der Waals surface area contributed by atoms with Crippen LogP contribution in [0.4, 0.5) is 5.69 Å². The van der Waals surface area contributed by atoms with Crippen LogP contribution in [0.25, 0.3) is 11.0 Å². The van der Waals surface area contributed by atoms with Crippen LogP contribution in [0.5, 0.6) is 0 Å². The van der Waals surface area contributed by atoms with E-state index in [1.54, 1.807) is 7.11 Å². The van der Waals surface area contributed by atoms with E-state index >= 15 is 0 Å². The Balaban J connectivity index is 1.77. The number of methoxy groups -OCH3 is 1. The first-order valence-electron chi connectivity index (χ1n) is 10.2. The Morgan fingerprint density at radius 1 is 1.35 bits per heavy atom. The maximum atomic E-state index is 13.3. The number of imide groups is 1. The number of hydrogen-bond acceptors (Lipinski definition) is 8. The third-order valence-electron chi connectivity index (χ3n) is 6.53. The quantitative estimate of drug-likeness (QED) is 0.547. The molecule has 9 nitrogen and oxygen atoms in total. The summed E-state index contributed by atoms with van der Waals surface area (Å²) >= 11 is 6.81. The second kappa shape index (κ2) is 7.01. The second-order valence-corrected chi connectivity index (χ2v) is 8.89. The van der Waals surface area contributed by atoms with Gasteiger partial charge in [-0.15, -0.1) is 0 Å². The van der Waals surface area contributed by atoms with E-state index < -0.39 is 35.2 Å². The standard InChI is InChI=1S/C21H22ClN3O6/c1-9-7-25-17-11(4-12-13(8-29-3)24-31-18(12)16(17)22)6-21(19(25)10(2)30-9)14(26)5-15(27)23-20(21)28/h4,9-10,19H,5-8H2,1-3H3,(H,23,27,28)/t9-,10+,19-,21?/m1/s1. The Labute approximate surface area is 182 Å². The third kappa shape index (κ3) is 2.76. The van der Waals surface area contributed by atoms with E-state index in [-0.39, 0.29) is 25.6 Å². The topological polar surface area (TPSA) is 111 Å². The van der Waals surface area contributed by atoms with E-state index in [4.69, 9.17) is 25.6 Å². The third-order valence-corrected chi connectivity index (χ3v) is 6.88. The number of ketones is 1. The van der Waals surface area contributed by atoms with Crippen LogP contribution in [0, 0.1) is 5.41 Å². The summed E-state index contributed by atoms with van der Waals surface area (Å²) in [6.45, 7) is 4.43. The second-order valence-electron chi connectivity index (χ2n) is 8.51. The number of fused-ring (bicyclic) bond motifs is 5. The molecule has 1 spiro atoms. The highest BCUT2D eigenvalue weighted by Crippen LogP contribution is 2.51. The first-order chi connectivity index (χ1) is 14.8. The Bertz CT molecular complexity index is 1110. The molecular formula is C21H22ClN3O6. The lowest BCUT2D eigenvalue weighted by molar-refractivity contribution is -0.158. The molecule has 5 rings (SSSR count). The van der Waals surface area contributed by atoms with Crippen LogP contribution in [0.15, 0.2) is 10.6 Å². The molecule has 1 N–H and O–H groups in total. The number of Topliss-reactive ketones (excluding diaryl/α,β-unsaturated/α-hetero) is 1. The van der Waals surface area contributed by atoms with E-state index in [0.29, 0.717) is 33.9 Å². The molecule has 164 valence electrons. The van der Waals surface area contributed by atoms with Crippen molar-refractivity contribution in [2.75, 3.05) is 18.6 Å². The minimum atomic E-state index is -1.45. The molecule has 1 aromatic carbocycles. The summed E-state index contributed by atoms with van der Waals surface area (Å²) in [5.74, 6) is -1.56. The number of ether oxygens (including phenoxy) is 2. The molecule has 4 atom stereocenters. The number of aromatic nitrogens is 1. The summed E-state index contributed by atoms with van der Waals surface area (Å²) in [7, 11) is 1.55. The molecular weight excluding hydrogens is 426 g/mol. The van der Waals surface area contributed by atoms with E-state index in [1.165, 1.54) is 0 Å². The maximum Gasteiger partial charge on any atom is 0.242 e. The lowest BCUT2D eigenvalue weighted by Crippen LogP contribution is -2.72. The molecule has 10 heteroatoms. The predicted molar refractivity (Wildman–Crippen MR) is 110 cm³/mol. The molecule has 2 saturated heterocycles. The van der Waals surface area contributed by atoms with Gasteiger partial charge in [0.1, 0.15) is 16.1 Å². The highest BCUT2D eigenvalue weighted by atomic mass is 35.5. The number of morpholine rings is 1. The zero-order valence-electron chi connectivity index (χ0n) is 17.4. The van der Waals surface area contributed by atoms with Gasteiger partial charge in [0.2, 0.25) is 11.8 Å². The smallest absolute Gasteiger partial charge is 0.242 e. The van der Waals surface area contributed by atoms with Crippen LogP contribution >= 0.6 is 11.6 Å². The van der Waals surface area contributed by atoms with Crippen molar-refractivity contribution < 1.29 is 28.4 Å². The Morgan fingerprint density at radius 3 is 2.84 bits per heavy atom. The van der Waals surface area contributed by atoms with Crippen molar-refractivity contribution in [1.82, 2.24) is 10.5 Å². The van der Waals surface area contributed by atoms with E-state index in [2.05, 4.69) is 10.5 Å². The minimum absolute atomic E-state index is 0.108. The average molecular weight is 448 g/mol. The van der Waals surface area contributed by atoms with E-state index in [1.807, 2.05) is 24.8 Å². The molecule has 3 aliphatic rings. The van der Waals surface area contributed by atoms with Crippen LogP contribution in [0.1, 0.15) is 31.5 Å². The normalized spacial score (nSPS) is 30.5.